The van der Waals surface area contributed by atoms with E-state index in [0.717, 1.165) is 17.8 Å². The number of hydrogen-bond donors (Lipinski definition) is 0. The average molecular weight is 196 g/mol. The van der Waals surface area contributed by atoms with E-state index in [1.807, 2.05) is 0 Å². The van der Waals surface area contributed by atoms with Gasteiger partial charge >= 0.3 is 0 Å². The van der Waals surface area contributed by atoms with E-state index in [-0.39, 0.29) is 0 Å². The van der Waals surface area contributed by atoms with Gasteiger partial charge in [0, 0.05) is 0 Å². The Hall–Kier alpha value is 0. The van der Waals surface area contributed by atoms with Crippen LogP contribution in [0, 0.1) is 28.6 Å². The molecule has 14 heavy (non-hydrogen) atoms. The highest BCUT2D eigenvalue weighted by atomic mass is 14.6. The summed E-state index contributed by atoms with van der Waals surface area (Å²) in [5.41, 5.74) is 1.12. The van der Waals surface area contributed by atoms with Gasteiger partial charge in [0.15, 0.2) is 0 Å². The van der Waals surface area contributed by atoms with E-state index in [9.17, 15) is 0 Å². The Kier molecular flexibility index (Phi) is 3.05. The van der Waals surface area contributed by atoms with Crippen molar-refractivity contribution in [1.29, 1.82) is 0 Å². The summed E-state index contributed by atoms with van der Waals surface area (Å²) in [5, 5.41) is 0. The van der Waals surface area contributed by atoms with Crippen LogP contribution in [0.3, 0.4) is 0 Å². The van der Waals surface area contributed by atoms with Gasteiger partial charge in [-0.1, -0.05) is 54.9 Å². The molecule has 0 aromatic carbocycles. The lowest BCUT2D eigenvalue weighted by atomic mass is 9.66. The molecule has 0 heteroatoms. The van der Waals surface area contributed by atoms with E-state index >= 15 is 0 Å². The predicted molar refractivity (Wildman–Crippen MR) is 64.3 cm³/mol. The summed E-state index contributed by atoms with van der Waals surface area (Å²) in [4.78, 5) is 0. The molecule has 0 aromatic heterocycles. The fourth-order valence-electron chi connectivity index (χ4n) is 3.18. The van der Waals surface area contributed by atoms with Crippen molar-refractivity contribution in [3.8, 4) is 0 Å². The minimum atomic E-state index is 0.511. The van der Waals surface area contributed by atoms with Crippen LogP contribution >= 0.6 is 0 Å². The van der Waals surface area contributed by atoms with Gasteiger partial charge in [-0.05, 0) is 35.0 Å². The molecule has 0 amide bonds. The molecular weight excluding hydrogens is 168 g/mol. The Labute approximate surface area is 90.5 Å². The zero-order valence-corrected chi connectivity index (χ0v) is 11.1. The van der Waals surface area contributed by atoms with Crippen molar-refractivity contribution in [3.63, 3.8) is 0 Å². The third-order valence-corrected chi connectivity index (χ3v) is 5.42. The Morgan fingerprint density at radius 1 is 1.29 bits per heavy atom. The van der Waals surface area contributed by atoms with E-state index in [1.54, 1.807) is 0 Å². The lowest BCUT2D eigenvalue weighted by Gasteiger charge is -2.39. The van der Waals surface area contributed by atoms with E-state index in [4.69, 9.17) is 0 Å². The molecule has 0 heterocycles. The summed E-state index contributed by atoms with van der Waals surface area (Å²) in [6.07, 6.45) is 2.76. The fourth-order valence-corrected chi connectivity index (χ4v) is 3.18. The molecule has 0 radical (unpaired) electrons. The lowest BCUT2D eigenvalue weighted by Crippen LogP contribution is -2.32. The predicted octanol–water partition coefficient (Wildman–Crippen LogP) is 4.74. The first-order chi connectivity index (χ1) is 6.27. The maximum Gasteiger partial charge on any atom is -0.0238 e. The molecular formula is C14H28. The van der Waals surface area contributed by atoms with Crippen LogP contribution in [-0.2, 0) is 0 Å². The molecule has 0 saturated heterocycles. The summed E-state index contributed by atoms with van der Waals surface area (Å²) in [5.74, 6) is 2.67. The van der Waals surface area contributed by atoms with Crippen molar-refractivity contribution in [2.45, 2.75) is 61.3 Å². The van der Waals surface area contributed by atoms with Gasteiger partial charge in [0.05, 0.1) is 0 Å². The van der Waals surface area contributed by atoms with E-state index in [2.05, 4.69) is 48.5 Å². The van der Waals surface area contributed by atoms with Crippen LogP contribution in [0.4, 0.5) is 0 Å². The van der Waals surface area contributed by atoms with E-state index < -0.39 is 0 Å². The monoisotopic (exact) mass is 196 g/mol. The molecule has 1 fully saturated rings. The standard InChI is InChI=1S/C14H28/c1-8-11(4)13(5,6)14(7)9-12(14)10(2)3/h10-12H,8-9H2,1-7H3. The minimum Gasteiger partial charge on any atom is -0.0651 e. The fraction of sp³-hybridized carbons (Fsp3) is 1.00. The summed E-state index contributed by atoms with van der Waals surface area (Å²) in [6, 6.07) is 0. The largest absolute Gasteiger partial charge is 0.0651 e. The van der Waals surface area contributed by atoms with Crippen LogP contribution < -0.4 is 0 Å². The Morgan fingerprint density at radius 2 is 1.79 bits per heavy atom. The van der Waals surface area contributed by atoms with Crippen LogP contribution in [0.25, 0.3) is 0 Å². The van der Waals surface area contributed by atoms with Gasteiger partial charge in [0.1, 0.15) is 0 Å². The van der Waals surface area contributed by atoms with E-state index in [1.165, 1.54) is 12.8 Å². The molecule has 1 rings (SSSR count). The second-order valence-electron chi connectivity index (χ2n) is 6.50. The average Bonchev–Trinajstić information content (AvgIpc) is 2.78. The highest BCUT2D eigenvalue weighted by Gasteiger charge is 2.60. The smallest absolute Gasteiger partial charge is 0.0238 e. The van der Waals surface area contributed by atoms with Crippen molar-refractivity contribution in [2.24, 2.45) is 28.6 Å². The molecule has 3 unspecified atom stereocenters. The third-order valence-electron chi connectivity index (χ3n) is 5.42. The molecule has 84 valence electrons. The van der Waals surface area contributed by atoms with E-state index in [0.29, 0.717) is 10.8 Å². The van der Waals surface area contributed by atoms with Gasteiger partial charge in [-0.25, -0.2) is 0 Å². The second-order valence-corrected chi connectivity index (χ2v) is 6.50. The van der Waals surface area contributed by atoms with Gasteiger partial charge in [0.25, 0.3) is 0 Å². The van der Waals surface area contributed by atoms with Crippen molar-refractivity contribution in [2.75, 3.05) is 0 Å². The van der Waals surface area contributed by atoms with Crippen molar-refractivity contribution < 1.29 is 0 Å². The van der Waals surface area contributed by atoms with Crippen LogP contribution in [0.2, 0.25) is 0 Å². The van der Waals surface area contributed by atoms with Crippen molar-refractivity contribution in [1.82, 2.24) is 0 Å². The summed E-state index contributed by atoms with van der Waals surface area (Å²) < 4.78 is 0. The maximum atomic E-state index is 2.50. The van der Waals surface area contributed by atoms with Crippen LogP contribution in [0.1, 0.15) is 61.3 Å². The molecule has 0 spiro atoms. The first-order valence-electron chi connectivity index (χ1n) is 6.27. The first-order valence-corrected chi connectivity index (χ1v) is 6.27. The Bertz CT molecular complexity index is 202. The second kappa shape index (κ2) is 3.54. The Balaban J connectivity index is 2.75. The molecule has 0 aliphatic heterocycles. The van der Waals surface area contributed by atoms with Crippen molar-refractivity contribution in [3.05, 3.63) is 0 Å². The topological polar surface area (TPSA) is 0 Å². The highest BCUT2D eigenvalue weighted by Crippen LogP contribution is 2.68. The SMILES string of the molecule is CCC(C)C(C)(C)C1(C)CC1C(C)C. The molecule has 0 N–H and O–H groups in total. The first kappa shape index (κ1) is 12.1. The van der Waals surface area contributed by atoms with Crippen LogP contribution in [-0.4, -0.2) is 0 Å². The summed E-state index contributed by atoms with van der Waals surface area (Å²) in [6.45, 7) is 17.0. The molecule has 0 nitrogen and oxygen atoms in total. The molecule has 1 aliphatic carbocycles. The van der Waals surface area contributed by atoms with Gasteiger partial charge in [-0.3, -0.25) is 0 Å². The molecule has 1 saturated carbocycles. The molecule has 0 aromatic rings. The number of hydrogen-bond acceptors (Lipinski definition) is 0. The lowest BCUT2D eigenvalue weighted by molar-refractivity contribution is 0.0946. The zero-order chi connectivity index (χ0) is 11.1. The van der Waals surface area contributed by atoms with Crippen LogP contribution in [0.15, 0.2) is 0 Å². The minimum absolute atomic E-state index is 0.511. The van der Waals surface area contributed by atoms with Gasteiger partial charge < -0.3 is 0 Å². The Morgan fingerprint density at radius 3 is 2.07 bits per heavy atom. The van der Waals surface area contributed by atoms with Gasteiger partial charge in [-0.15, -0.1) is 0 Å². The number of rotatable bonds is 4. The van der Waals surface area contributed by atoms with Crippen molar-refractivity contribution >= 4 is 0 Å². The molecule has 0 bridgehead atoms. The summed E-state index contributed by atoms with van der Waals surface area (Å²) >= 11 is 0. The molecule has 1 aliphatic rings. The summed E-state index contributed by atoms with van der Waals surface area (Å²) in [7, 11) is 0. The quantitative estimate of drug-likeness (QED) is 0.609. The van der Waals surface area contributed by atoms with Gasteiger partial charge in [-0.2, -0.15) is 0 Å². The highest BCUT2D eigenvalue weighted by molar-refractivity contribution is 5.09. The maximum absolute atomic E-state index is 2.50. The normalized spacial score (nSPS) is 34.7. The molecule has 3 atom stereocenters. The third kappa shape index (κ3) is 1.61. The van der Waals surface area contributed by atoms with Gasteiger partial charge in [0.2, 0.25) is 0 Å². The zero-order valence-electron chi connectivity index (χ0n) is 11.1. The van der Waals surface area contributed by atoms with Crippen LogP contribution in [0.5, 0.6) is 0 Å².